The van der Waals surface area contributed by atoms with Crippen LogP contribution in [-0.2, 0) is 11.2 Å². The van der Waals surface area contributed by atoms with Gasteiger partial charge >= 0.3 is 0 Å². The number of nitrogens with zero attached hydrogens (tertiary/aromatic N) is 1. The van der Waals surface area contributed by atoms with E-state index in [0.717, 1.165) is 31.4 Å². The standard InChI is InChI=1S/C13H19N3O/c1-2-5-11-9-12(16-15-11)14-13(17)8-10-6-3-4-7-10/h3,6,9-10H,2,4-5,7-8H2,1H3,(H2,14,15,16,17). The molecule has 0 aromatic carbocycles. The van der Waals surface area contributed by atoms with Gasteiger partial charge in [0.05, 0.1) is 0 Å². The molecule has 4 nitrogen and oxygen atoms in total. The van der Waals surface area contributed by atoms with Gasteiger partial charge in [-0.1, -0.05) is 25.5 Å². The lowest BCUT2D eigenvalue weighted by Gasteiger charge is -2.06. The maximum absolute atomic E-state index is 11.7. The van der Waals surface area contributed by atoms with Gasteiger partial charge in [0.25, 0.3) is 0 Å². The third-order valence-electron chi connectivity index (χ3n) is 2.98. The fourth-order valence-corrected chi connectivity index (χ4v) is 2.12. The number of hydrogen-bond donors (Lipinski definition) is 2. The molecule has 1 amide bonds. The smallest absolute Gasteiger partial charge is 0.226 e. The molecule has 0 spiro atoms. The van der Waals surface area contributed by atoms with Crippen molar-refractivity contribution < 1.29 is 4.79 Å². The van der Waals surface area contributed by atoms with E-state index in [-0.39, 0.29) is 5.91 Å². The normalized spacial score (nSPS) is 18.5. The number of carbonyl (C=O) groups is 1. The van der Waals surface area contributed by atoms with Gasteiger partial charge < -0.3 is 5.32 Å². The Morgan fingerprint density at radius 3 is 3.24 bits per heavy atom. The Labute approximate surface area is 101 Å². The second-order valence-electron chi connectivity index (χ2n) is 4.55. The average molecular weight is 233 g/mol. The molecule has 1 aromatic heterocycles. The van der Waals surface area contributed by atoms with E-state index in [1.54, 1.807) is 0 Å². The summed E-state index contributed by atoms with van der Waals surface area (Å²) in [6.07, 6.45) is 9.07. The molecule has 1 aliphatic rings. The molecule has 1 atom stereocenters. The first-order valence-corrected chi connectivity index (χ1v) is 6.28. The molecule has 2 rings (SSSR count). The van der Waals surface area contributed by atoms with Crippen LogP contribution in [0.25, 0.3) is 0 Å². The van der Waals surface area contributed by atoms with Crippen molar-refractivity contribution in [3.05, 3.63) is 23.9 Å². The fourth-order valence-electron chi connectivity index (χ4n) is 2.12. The maximum atomic E-state index is 11.7. The molecule has 1 aliphatic carbocycles. The van der Waals surface area contributed by atoms with E-state index < -0.39 is 0 Å². The summed E-state index contributed by atoms with van der Waals surface area (Å²) in [6.45, 7) is 2.12. The van der Waals surface area contributed by atoms with Crippen molar-refractivity contribution in [2.24, 2.45) is 5.92 Å². The zero-order valence-electron chi connectivity index (χ0n) is 10.2. The van der Waals surface area contributed by atoms with Gasteiger partial charge in [0.2, 0.25) is 5.91 Å². The molecule has 2 N–H and O–H groups in total. The maximum Gasteiger partial charge on any atom is 0.226 e. The molecule has 1 heterocycles. The van der Waals surface area contributed by atoms with Crippen LogP contribution in [0.1, 0.15) is 38.3 Å². The number of rotatable bonds is 5. The zero-order valence-corrected chi connectivity index (χ0v) is 10.2. The van der Waals surface area contributed by atoms with Crippen LogP contribution in [-0.4, -0.2) is 16.1 Å². The number of aromatic nitrogens is 2. The van der Waals surface area contributed by atoms with Gasteiger partial charge in [-0.3, -0.25) is 9.89 Å². The Kier molecular flexibility index (Phi) is 3.96. The van der Waals surface area contributed by atoms with Gasteiger partial charge in [0.15, 0.2) is 5.82 Å². The number of aryl methyl sites for hydroxylation is 1. The van der Waals surface area contributed by atoms with Crippen molar-refractivity contribution in [2.75, 3.05) is 5.32 Å². The molecule has 17 heavy (non-hydrogen) atoms. The lowest BCUT2D eigenvalue weighted by molar-refractivity contribution is -0.116. The first-order valence-electron chi connectivity index (χ1n) is 6.28. The topological polar surface area (TPSA) is 57.8 Å². The van der Waals surface area contributed by atoms with Crippen LogP contribution in [0.5, 0.6) is 0 Å². The second kappa shape index (κ2) is 5.66. The van der Waals surface area contributed by atoms with E-state index in [1.807, 2.05) is 6.07 Å². The van der Waals surface area contributed by atoms with Crippen molar-refractivity contribution in [1.29, 1.82) is 0 Å². The molecule has 0 aliphatic heterocycles. The molecule has 0 radical (unpaired) electrons. The second-order valence-corrected chi connectivity index (χ2v) is 4.55. The lowest BCUT2D eigenvalue weighted by atomic mass is 10.1. The SMILES string of the molecule is CCCc1cc(NC(=O)CC2C=CCC2)n[nH]1. The highest BCUT2D eigenvalue weighted by atomic mass is 16.1. The summed E-state index contributed by atoms with van der Waals surface area (Å²) in [5.41, 5.74) is 1.07. The van der Waals surface area contributed by atoms with E-state index in [0.29, 0.717) is 18.2 Å². The molecule has 92 valence electrons. The lowest BCUT2D eigenvalue weighted by Crippen LogP contribution is -2.14. The average Bonchev–Trinajstić information content (AvgIpc) is 2.91. The van der Waals surface area contributed by atoms with Crippen LogP contribution < -0.4 is 5.32 Å². The number of hydrogen-bond acceptors (Lipinski definition) is 2. The fraction of sp³-hybridized carbons (Fsp3) is 0.538. The van der Waals surface area contributed by atoms with Crippen LogP contribution in [0.4, 0.5) is 5.82 Å². The molecule has 1 aromatic rings. The minimum atomic E-state index is 0.0519. The monoisotopic (exact) mass is 233 g/mol. The quantitative estimate of drug-likeness (QED) is 0.768. The Morgan fingerprint density at radius 2 is 2.53 bits per heavy atom. The molecule has 4 heteroatoms. The predicted molar refractivity (Wildman–Crippen MR) is 67.7 cm³/mol. The minimum absolute atomic E-state index is 0.0519. The van der Waals surface area contributed by atoms with Gasteiger partial charge in [-0.2, -0.15) is 5.10 Å². The van der Waals surface area contributed by atoms with Gasteiger partial charge in [-0.05, 0) is 25.2 Å². The molecule has 0 saturated carbocycles. The molecule has 0 saturated heterocycles. The Morgan fingerprint density at radius 1 is 1.65 bits per heavy atom. The highest BCUT2D eigenvalue weighted by Crippen LogP contribution is 2.20. The van der Waals surface area contributed by atoms with Crippen LogP contribution in [0.3, 0.4) is 0 Å². The van der Waals surface area contributed by atoms with E-state index >= 15 is 0 Å². The van der Waals surface area contributed by atoms with E-state index in [2.05, 4.69) is 34.6 Å². The first-order chi connectivity index (χ1) is 8.28. The van der Waals surface area contributed by atoms with E-state index in [4.69, 9.17) is 0 Å². The number of H-pyrrole nitrogens is 1. The number of allylic oxidation sites excluding steroid dienone is 2. The summed E-state index contributed by atoms with van der Waals surface area (Å²) in [7, 11) is 0. The molecule has 0 fully saturated rings. The Bertz CT molecular complexity index is 409. The molecule has 1 unspecified atom stereocenters. The van der Waals surface area contributed by atoms with Crippen molar-refractivity contribution in [3.63, 3.8) is 0 Å². The van der Waals surface area contributed by atoms with Crippen molar-refractivity contribution in [1.82, 2.24) is 10.2 Å². The number of amides is 1. The van der Waals surface area contributed by atoms with Crippen LogP contribution in [0.2, 0.25) is 0 Å². The van der Waals surface area contributed by atoms with Gasteiger partial charge in [-0.15, -0.1) is 0 Å². The van der Waals surface area contributed by atoms with E-state index in [1.165, 1.54) is 0 Å². The molecular formula is C13H19N3O. The molecule has 0 bridgehead atoms. The first kappa shape index (κ1) is 11.9. The Balaban J connectivity index is 1.82. The van der Waals surface area contributed by atoms with Crippen molar-refractivity contribution in [2.45, 2.75) is 39.0 Å². The number of carbonyl (C=O) groups excluding carboxylic acids is 1. The van der Waals surface area contributed by atoms with Crippen molar-refractivity contribution in [3.8, 4) is 0 Å². The molecular weight excluding hydrogens is 214 g/mol. The van der Waals surface area contributed by atoms with Crippen LogP contribution in [0, 0.1) is 5.92 Å². The summed E-state index contributed by atoms with van der Waals surface area (Å²) in [4.78, 5) is 11.7. The summed E-state index contributed by atoms with van der Waals surface area (Å²) in [5.74, 6) is 1.10. The van der Waals surface area contributed by atoms with Crippen LogP contribution >= 0.6 is 0 Å². The largest absolute Gasteiger partial charge is 0.309 e. The van der Waals surface area contributed by atoms with Gasteiger partial charge in [-0.25, -0.2) is 0 Å². The number of aromatic amines is 1. The van der Waals surface area contributed by atoms with Gasteiger partial charge in [0, 0.05) is 18.2 Å². The summed E-state index contributed by atoms with van der Waals surface area (Å²) in [6, 6.07) is 1.91. The third kappa shape index (κ3) is 3.44. The highest BCUT2D eigenvalue weighted by molar-refractivity contribution is 5.90. The number of anilines is 1. The highest BCUT2D eigenvalue weighted by Gasteiger charge is 2.14. The Hall–Kier alpha value is -1.58. The summed E-state index contributed by atoms with van der Waals surface area (Å²) in [5, 5.41) is 9.83. The van der Waals surface area contributed by atoms with E-state index in [9.17, 15) is 4.79 Å². The van der Waals surface area contributed by atoms with Crippen LogP contribution in [0.15, 0.2) is 18.2 Å². The summed E-state index contributed by atoms with van der Waals surface area (Å²) >= 11 is 0. The number of nitrogens with one attached hydrogen (secondary N) is 2. The minimum Gasteiger partial charge on any atom is -0.309 e. The summed E-state index contributed by atoms with van der Waals surface area (Å²) < 4.78 is 0. The zero-order chi connectivity index (χ0) is 12.1. The van der Waals surface area contributed by atoms with Crippen molar-refractivity contribution >= 4 is 11.7 Å². The van der Waals surface area contributed by atoms with Gasteiger partial charge in [0.1, 0.15) is 0 Å². The predicted octanol–water partition coefficient (Wildman–Crippen LogP) is 2.66. The third-order valence-corrected chi connectivity index (χ3v) is 2.98.